The molecule has 0 aromatic heterocycles. The monoisotopic (exact) mass is 468 g/mol. The van der Waals surface area contributed by atoms with Gasteiger partial charge in [0.05, 0.1) is 0 Å². The summed E-state index contributed by atoms with van der Waals surface area (Å²) in [5.41, 5.74) is 0.218. The number of hydrogen-bond acceptors (Lipinski definition) is 1. The van der Waals surface area contributed by atoms with Crippen molar-refractivity contribution in [2.24, 2.45) is 0 Å². The van der Waals surface area contributed by atoms with Crippen molar-refractivity contribution in [3.05, 3.63) is 120 Å². The van der Waals surface area contributed by atoms with Crippen LogP contribution in [0.2, 0.25) is 0 Å². The third-order valence-electron chi connectivity index (χ3n) is 5.78. The van der Waals surface area contributed by atoms with Crippen LogP contribution in [0.3, 0.4) is 0 Å². The van der Waals surface area contributed by atoms with Crippen molar-refractivity contribution in [1.82, 2.24) is 0 Å². The molecule has 0 aliphatic heterocycles. The third kappa shape index (κ3) is 3.70. The van der Waals surface area contributed by atoms with Gasteiger partial charge in [-0.2, -0.15) is 0 Å². The van der Waals surface area contributed by atoms with Gasteiger partial charge in [0.25, 0.3) is 0 Å². The van der Waals surface area contributed by atoms with Gasteiger partial charge in [0, 0.05) is 0 Å². The molecule has 0 radical (unpaired) electrons. The molecule has 0 spiro atoms. The zero-order valence-electron chi connectivity index (χ0n) is 17.7. The molecule has 0 aliphatic rings. The van der Waals surface area contributed by atoms with Crippen LogP contribution in [-0.4, -0.2) is 6.61 Å². The summed E-state index contributed by atoms with van der Waals surface area (Å²) in [6, 6.07) is 32.3. The SMILES string of the molecule is CCOc1ccc(CP(Cl)(c2ccccc2)(c2ccccc2)c2ccccc2)c(F)c1F. The molecule has 0 atom stereocenters. The first kappa shape index (κ1) is 22.5. The number of ether oxygens (including phenoxy) is 1. The number of halogens is 3. The fourth-order valence-electron chi connectivity index (χ4n) is 4.22. The normalized spacial score (nSPS) is 12.7. The minimum atomic E-state index is -3.75. The zero-order chi connectivity index (χ0) is 22.6. The second kappa shape index (κ2) is 9.02. The molecule has 5 heteroatoms. The molecule has 0 N–H and O–H groups in total. The van der Waals surface area contributed by atoms with Crippen LogP contribution >= 0.6 is 17.2 Å². The first-order chi connectivity index (χ1) is 15.5. The molecular formula is C27H24ClF2OP. The van der Waals surface area contributed by atoms with Gasteiger partial charge in [0.2, 0.25) is 0 Å². The Labute approximate surface area is 192 Å². The van der Waals surface area contributed by atoms with Gasteiger partial charge >= 0.3 is 192 Å². The first-order valence-electron chi connectivity index (χ1n) is 10.5. The number of benzene rings is 4. The zero-order valence-corrected chi connectivity index (χ0v) is 19.4. The second-order valence-electron chi connectivity index (χ2n) is 7.63. The van der Waals surface area contributed by atoms with E-state index in [9.17, 15) is 4.39 Å². The summed E-state index contributed by atoms with van der Waals surface area (Å²) in [7, 11) is 0. The molecule has 0 amide bonds. The molecule has 0 bridgehead atoms. The van der Waals surface area contributed by atoms with Gasteiger partial charge in [-0.25, -0.2) is 0 Å². The van der Waals surface area contributed by atoms with E-state index in [1.54, 1.807) is 13.0 Å². The summed E-state index contributed by atoms with van der Waals surface area (Å²) in [6.07, 6.45) is 0.125. The van der Waals surface area contributed by atoms with Crippen molar-refractivity contribution in [1.29, 1.82) is 0 Å². The molecule has 0 aliphatic carbocycles. The molecule has 0 fully saturated rings. The van der Waals surface area contributed by atoms with Crippen LogP contribution in [0.1, 0.15) is 12.5 Å². The first-order valence-corrected chi connectivity index (χ1v) is 13.8. The topological polar surface area (TPSA) is 9.23 Å². The van der Waals surface area contributed by atoms with E-state index in [1.807, 2.05) is 91.0 Å². The summed E-state index contributed by atoms with van der Waals surface area (Å²) in [5, 5.41) is 2.68. The summed E-state index contributed by atoms with van der Waals surface area (Å²) in [5.74, 6) is -5.75. The number of hydrogen-bond donors (Lipinski definition) is 0. The van der Waals surface area contributed by atoms with Crippen LogP contribution in [0.25, 0.3) is 0 Å². The van der Waals surface area contributed by atoms with Gasteiger partial charge < -0.3 is 0 Å². The maximum absolute atomic E-state index is 15.3. The Kier molecular flexibility index (Phi) is 6.33. The van der Waals surface area contributed by atoms with Gasteiger partial charge in [0.1, 0.15) is 0 Å². The van der Waals surface area contributed by atoms with E-state index in [1.165, 1.54) is 6.07 Å². The van der Waals surface area contributed by atoms with E-state index in [4.69, 9.17) is 16.0 Å². The van der Waals surface area contributed by atoms with Gasteiger partial charge in [-0.1, -0.05) is 0 Å². The van der Waals surface area contributed by atoms with E-state index < -0.39 is 17.6 Å². The molecule has 164 valence electrons. The molecule has 0 heterocycles. The maximum atomic E-state index is 15.3. The van der Waals surface area contributed by atoms with Crippen LogP contribution in [0, 0.1) is 11.6 Å². The summed E-state index contributed by atoms with van der Waals surface area (Å²) >= 11 is 7.94. The molecule has 4 aromatic rings. The van der Waals surface area contributed by atoms with Crippen molar-refractivity contribution < 1.29 is 13.5 Å². The van der Waals surface area contributed by atoms with Crippen LogP contribution in [-0.2, 0) is 6.16 Å². The summed E-state index contributed by atoms with van der Waals surface area (Å²) < 4.78 is 35.4. The summed E-state index contributed by atoms with van der Waals surface area (Å²) in [4.78, 5) is 0. The fourth-order valence-corrected chi connectivity index (χ4v) is 10.3. The predicted molar refractivity (Wildman–Crippen MR) is 132 cm³/mol. The molecule has 4 aromatic carbocycles. The minimum absolute atomic E-state index is 0.0947. The third-order valence-corrected chi connectivity index (χ3v) is 13.0. The van der Waals surface area contributed by atoms with E-state index in [2.05, 4.69) is 0 Å². The van der Waals surface area contributed by atoms with E-state index in [-0.39, 0.29) is 24.1 Å². The van der Waals surface area contributed by atoms with Crippen LogP contribution in [0.4, 0.5) is 8.78 Å². The Bertz CT molecular complexity index is 1100. The van der Waals surface area contributed by atoms with Crippen LogP contribution in [0.5, 0.6) is 5.75 Å². The van der Waals surface area contributed by atoms with Crippen molar-refractivity contribution in [3.63, 3.8) is 0 Å². The van der Waals surface area contributed by atoms with Crippen molar-refractivity contribution in [2.75, 3.05) is 6.61 Å². The van der Waals surface area contributed by atoms with E-state index in [0.29, 0.717) is 0 Å². The molecular weight excluding hydrogens is 445 g/mol. The summed E-state index contributed by atoms with van der Waals surface area (Å²) in [6.45, 7) is 1.99. The fraction of sp³-hybridized carbons (Fsp3) is 0.111. The van der Waals surface area contributed by atoms with Crippen molar-refractivity contribution >= 4 is 33.1 Å². The van der Waals surface area contributed by atoms with Crippen molar-refractivity contribution in [3.8, 4) is 5.75 Å². The Morgan fingerprint density at radius 1 is 0.656 bits per heavy atom. The number of rotatable bonds is 7. The molecule has 4 rings (SSSR count). The Morgan fingerprint density at radius 3 is 1.50 bits per heavy atom. The average molecular weight is 469 g/mol. The van der Waals surface area contributed by atoms with Gasteiger partial charge in [-0.15, -0.1) is 0 Å². The second-order valence-corrected chi connectivity index (χ2v) is 14.1. The molecule has 1 nitrogen and oxygen atoms in total. The molecule has 32 heavy (non-hydrogen) atoms. The van der Waals surface area contributed by atoms with E-state index in [0.717, 1.165) is 15.9 Å². The Balaban J connectivity index is 2.04. The Morgan fingerprint density at radius 2 is 1.09 bits per heavy atom. The van der Waals surface area contributed by atoms with Crippen LogP contribution in [0.15, 0.2) is 103 Å². The molecule has 0 unspecified atom stereocenters. The van der Waals surface area contributed by atoms with Crippen LogP contribution < -0.4 is 20.7 Å². The molecule has 0 saturated heterocycles. The average Bonchev–Trinajstić information content (AvgIpc) is 2.85. The Hall–Kier alpha value is -2.74. The quantitative estimate of drug-likeness (QED) is 0.279. The van der Waals surface area contributed by atoms with Crippen molar-refractivity contribution in [2.45, 2.75) is 13.1 Å². The van der Waals surface area contributed by atoms with E-state index >= 15 is 4.39 Å². The van der Waals surface area contributed by atoms with Gasteiger partial charge in [-0.3, -0.25) is 0 Å². The van der Waals surface area contributed by atoms with Gasteiger partial charge in [-0.05, 0) is 0 Å². The predicted octanol–water partition coefficient (Wildman–Crippen LogP) is 6.55. The standard InChI is InChI=1S/C27H24ClF2OP/c1-2-31-25-19-18-21(26(29)27(25)30)20-32(28,22-12-6-3-7-13-22,23-14-8-4-9-15-23)24-16-10-5-11-17-24/h3-19H,2,20H2,1H3. The van der Waals surface area contributed by atoms with Gasteiger partial charge in [0.15, 0.2) is 0 Å². The molecule has 0 saturated carbocycles.